The van der Waals surface area contributed by atoms with Crippen LogP contribution in [0.5, 0.6) is 0 Å². The molecule has 1 heterocycles. The minimum Gasteiger partial charge on any atom is -0.354 e. The number of rotatable bonds is 12. The number of unbranched alkanes of at least 4 members (excludes halogenated alkanes) is 1. The summed E-state index contributed by atoms with van der Waals surface area (Å²) in [4.78, 5) is 55.7. The first-order valence-corrected chi connectivity index (χ1v) is 13.8. The van der Waals surface area contributed by atoms with Gasteiger partial charge in [-0.15, -0.1) is 0 Å². The van der Waals surface area contributed by atoms with Crippen LogP contribution in [0.3, 0.4) is 0 Å². The molecule has 1 saturated heterocycles. The average Bonchev–Trinajstić information content (AvgIpc) is 3.20. The predicted octanol–water partition coefficient (Wildman–Crippen LogP) is 4.02. The van der Waals surface area contributed by atoms with Gasteiger partial charge in [0.15, 0.2) is 0 Å². The van der Waals surface area contributed by atoms with Crippen LogP contribution < -0.4 is 5.32 Å². The van der Waals surface area contributed by atoms with Crippen LogP contribution in [0.25, 0.3) is 0 Å². The molecule has 2 aromatic carbocycles. The third-order valence-electron chi connectivity index (χ3n) is 7.55. The van der Waals surface area contributed by atoms with Crippen molar-refractivity contribution in [2.24, 2.45) is 11.8 Å². The smallest absolute Gasteiger partial charge is 0.243 e. The molecule has 0 aromatic heterocycles. The third kappa shape index (κ3) is 6.80. The highest BCUT2D eigenvalue weighted by molar-refractivity contribution is 6.05. The van der Waals surface area contributed by atoms with Gasteiger partial charge >= 0.3 is 0 Å². The van der Waals surface area contributed by atoms with Gasteiger partial charge in [0.05, 0.1) is 11.8 Å². The normalized spacial score (nSPS) is 19.1. The fourth-order valence-corrected chi connectivity index (χ4v) is 5.31. The molecule has 0 saturated carbocycles. The zero-order valence-electron chi connectivity index (χ0n) is 22.4. The lowest BCUT2D eigenvalue weighted by Gasteiger charge is -2.32. The number of carbonyl (C=O) groups excluding carboxylic acids is 4. The lowest BCUT2D eigenvalue weighted by Crippen LogP contribution is -2.51. The van der Waals surface area contributed by atoms with Crippen molar-refractivity contribution in [1.82, 2.24) is 15.1 Å². The van der Waals surface area contributed by atoms with E-state index in [0.717, 1.165) is 18.4 Å². The minimum absolute atomic E-state index is 0.0627. The van der Waals surface area contributed by atoms with Crippen LogP contribution in [-0.2, 0) is 32.1 Å². The minimum atomic E-state index is -0.895. The summed E-state index contributed by atoms with van der Waals surface area (Å²) in [7, 11) is 0. The van der Waals surface area contributed by atoms with Gasteiger partial charge in [-0.1, -0.05) is 74.0 Å². The number of allylic oxidation sites excluding steroid dienone is 2. The highest BCUT2D eigenvalue weighted by Crippen LogP contribution is 2.35. The Hall–Kier alpha value is -3.81. The van der Waals surface area contributed by atoms with Crippen LogP contribution in [0.1, 0.15) is 50.2 Å². The number of amides is 4. The van der Waals surface area contributed by atoms with Crippen LogP contribution in [0.4, 0.5) is 4.39 Å². The summed E-state index contributed by atoms with van der Waals surface area (Å²) in [5.74, 6) is -2.45. The Morgan fingerprint density at radius 3 is 2.28 bits per heavy atom. The number of benzene rings is 2. The zero-order chi connectivity index (χ0) is 27.8. The number of fused-ring (bicyclic) bond motifs is 1. The molecule has 2 aliphatic rings. The maximum atomic E-state index is 14.7. The van der Waals surface area contributed by atoms with Gasteiger partial charge in [0, 0.05) is 38.0 Å². The quantitative estimate of drug-likeness (QED) is 0.254. The van der Waals surface area contributed by atoms with Crippen LogP contribution in [-0.4, -0.2) is 52.6 Å². The number of carbonyl (C=O) groups is 4. The number of imide groups is 1. The van der Waals surface area contributed by atoms with Gasteiger partial charge in [0.2, 0.25) is 23.6 Å². The Morgan fingerprint density at radius 1 is 1.00 bits per heavy atom. The molecule has 0 radical (unpaired) electrons. The first-order chi connectivity index (χ1) is 18.9. The lowest BCUT2D eigenvalue weighted by atomic mass is 9.85. The van der Waals surface area contributed by atoms with Crippen LogP contribution in [0.2, 0.25) is 0 Å². The van der Waals surface area contributed by atoms with E-state index in [9.17, 15) is 23.6 Å². The van der Waals surface area contributed by atoms with Crippen molar-refractivity contribution < 1.29 is 23.6 Å². The van der Waals surface area contributed by atoms with Crippen molar-refractivity contribution in [2.45, 2.75) is 58.0 Å². The van der Waals surface area contributed by atoms with Gasteiger partial charge in [-0.05, 0) is 30.9 Å². The van der Waals surface area contributed by atoms with E-state index in [1.807, 2.05) is 49.4 Å². The molecule has 4 amide bonds. The largest absolute Gasteiger partial charge is 0.354 e. The third-order valence-corrected chi connectivity index (χ3v) is 7.55. The number of nitrogens with one attached hydrogen (secondary N) is 1. The molecule has 1 N–H and O–H groups in total. The predicted molar refractivity (Wildman–Crippen MR) is 145 cm³/mol. The van der Waals surface area contributed by atoms with Gasteiger partial charge < -0.3 is 10.2 Å². The van der Waals surface area contributed by atoms with Crippen molar-refractivity contribution in [3.63, 3.8) is 0 Å². The highest BCUT2D eigenvalue weighted by atomic mass is 19.1. The number of nitrogens with zero attached hydrogens (tertiary/aromatic N) is 2. The van der Waals surface area contributed by atoms with Crippen molar-refractivity contribution in [1.29, 1.82) is 0 Å². The molecular weight excluding hydrogens is 497 g/mol. The lowest BCUT2D eigenvalue weighted by molar-refractivity contribution is -0.144. The summed E-state index contributed by atoms with van der Waals surface area (Å²) < 4.78 is 14.7. The molecule has 0 spiro atoms. The fraction of sp³-hybridized carbons (Fsp3) is 0.419. The van der Waals surface area contributed by atoms with E-state index >= 15 is 0 Å². The molecule has 3 atom stereocenters. The first-order valence-electron chi connectivity index (χ1n) is 13.8. The average molecular weight is 534 g/mol. The summed E-state index contributed by atoms with van der Waals surface area (Å²) in [6.45, 7) is 2.32. The Labute approximate surface area is 229 Å². The number of likely N-dealkylation sites (tertiary alicyclic amines) is 1. The van der Waals surface area contributed by atoms with Gasteiger partial charge in [-0.2, -0.15) is 0 Å². The molecule has 1 aliphatic carbocycles. The number of hydrogen-bond acceptors (Lipinski definition) is 4. The molecule has 206 valence electrons. The summed E-state index contributed by atoms with van der Waals surface area (Å²) in [5.41, 5.74) is 1.15. The van der Waals surface area contributed by atoms with E-state index in [0.29, 0.717) is 19.4 Å². The molecule has 2 aromatic rings. The molecule has 1 aliphatic heterocycles. The summed E-state index contributed by atoms with van der Waals surface area (Å²) >= 11 is 0. The molecule has 8 heteroatoms. The second-order valence-corrected chi connectivity index (χ2v) is 10.2. The van der Waals surface area contributed by atoms with E-state index < -0.39 is 17.8 Å². The second-order valence-electron chi connectivity index (χ2n) is 10.2. The Kier molecular flexibility index (Phi) is 9.63. The fourth-order valence-electron chi connectivity index (χ4n) is 5.31. The summed E-state index contributed by atoms with van der Waals surface area (Å²) in [5, 5.41) is 2.93. The van der Waals surface area contributed by atoms with Crippen molar-refractivity contribution >= 4 is 23.6 Å². The second kappa shape index (κ2) is 13.3. The van der Waals surface area contributed by atoms with E-state index in [-0.39, 0.29) is 61.1 Å². The zero-order valence-corrected chi connectivity index (χ0v) is 22.4. The molecule has 0 bridgehead atoms. The van der Waals surface area contributed by atoms with Crippen molar-refractivity contribution in [3.8, 4) is 0 Å². The molecule has 39 heavy (non-hydrogen) atoms. The molecular formula is C31H36FN3O4. The Morgan fingerprint density at radius 2 is 1.64 bits per heavy atom. The summed E-state index contributed by atoms with van der Waals surface area (Å²) in [6.07, 6.45) is 6.68. The molecule has 1 unspecified atom stereocenters. The SMILES string of the molecule is CCCCNC(=O)C(Cc1ccccc1)N(Cc1ccccc1F)C(=O)CCN1C(=O)[C@H]2CC=CC[C@H]2C1=O. The van der Waals surface area contributed by atoms with Gasteiger partial charge in [-0.25, -0.2) is 4.39 Å². The monoisotopic (exact) mass is 533 g/mol. The van der Waals surface area contributed by atoms with Crippen molar-refractivity contribution in [2.75, 3.05) is 13.1 Å². The van der Waals surface area contributed by atoms with E-state index in [4.69, 9.17) is 0 Å². The van der Waals surface area contributed by atoms with Crippen LogP contribution >= 0.6 is 0 Å². The van der Waals surface area contributed by atoms with E-state index in [1.54, 1.807) is 18.2 Å². The first kappa shape index (κ1) is 28.2. The topological polar surface area (TPSA) is 86.8 Å². The van der Waals surface area contributed by atoms with Gasteiger partial charge in [-0.3, -0.25) is 24.1 Å². The van der Waals surface area contributed by atoms with Gasteiger partial charge in [0.25, 0.3) is 0 Å². The van der Waals surface area contributed by atoms with E-state index in [1.165, 1.54) is 15.9 Å². The molecule has 7 nitrogen and oxygen atoms in total. The number of hydrogen-bond donors (Lipinski definition) is 1. The molecule has 4 rings (SSSR count). The van der Waals surface area contributed by atoms with Crippen molar-refractivity contribution in [3.05, 3.63) is 83.7 Å². The maximum absolute atomic E-state index is 14.7. The number of halogens is 1. The summed E-state index contributed by atoms with van der Waals surface area (Å²) in [6, 6.07) is 14.7. The maximum Gasteiger partial charge on any atom is 0.243 e. The Bertz CT molecular complexity index is 1190. The van der Waals surface area contributed by atoms with Crippen LogP contribution in [0, 0.1) is 17.7 Å². The Balaban J connectivity index is 1.58. The van der Waals surface area contributed by atoms with Gasteiger partial charge in [0.1, 0.15) is 11.9 Å². The standard InChI is InChI=1S/C31H36FN3O4/c1-2-3-18-33-29(37)27(20-22-11-5-4-6-12-22)35(21-23-13-7-10-16-26(23)32)28(36)17-19-34-30(38)24-14-8-9-15-25(24)31(34)39/h4-13,16,24-25,27H,2-3,14-15,17-21H2,1H3,(H,33,37)/t24-,25+,27?. The van der Waals surface area contributed by atoms with Crippen LogP contribution in [0.15, 0.2) is 66.7 Å². The highest BCUT2D eigenvalue weighted by Gasteiger charge is 2.47. The molecule has 1 fully saturated rings. The van der Waals surface area contributed by atoms with E-state index in [2.05, 4.69) is 5.32 Å².